The van der Waals surface area contributed by atoms with Crippen LogP contribution in [0.15, 0.2) is 72.8 Å². The Morgan fingerprint density at radius 1 is 1.03 bits per heavy atom. The summed E-state index contributed by atoms with van der Waals surface area (Å²) in [4.78, 5) is 36.3. The highest BCUT2D eigenvalue weighted by Crippen LogP contribution is 2.29. The molecular weight excluding hydrogens is 428 g/mol. The van der Waals surface area contributed by atoms with Crippen molar-refractivity contribution in [3.63, 3.8) is 0 Å². The van der Waals surface area contributed by atoms with Gasteiger partial charge in [-0.2, -0.15) is 0 Å². The molecule has 1 fully saturated rings. The van der Waals surface area contributed by atoms with Crippen molar-refractivity contribution in [2.45, 2.75) is 18.8 Å². The van der Waals surface area contributed by atoms with E-state index < -0.39 is 0 Å². The van der Waals surface area contributed by atoms with Crippen LogP contribution in [-0.2, 0) is 0 Å². The standard InChI is InChI=1S/C27H26N4O3/c1-34-20-14-12-18(13-15-20)26(32)30-22-9-3-2-8-21(22)27(33)31-16-6-7-19(17-31)25-28-23-10-4-5-11-24(23)29-25/h2-5,8-15,19H,6-7,16-17H2,1H3,(H,28,29)(H,30,32). The van der Waals surface area contributed by atoms with Crippen LogP contribution in [0, 0.1) is 0 Å². The Bertz CT molecular complexity index is 1300. The summed E-state index contributed by atoms with van der Waals surface area (Å²) in [5.41, 5.74) is 3.42. The number of aromatic amines is 1. The Hall–Kier alpha value is -4.13. The third kappa shape index (κ3) is 4.37. The summed E-state index contributed by atoms with van der Waals surface area (Å²) in [6.45, 7) is 1.26. The molecule has 0 saturated carbocycles. The number of nitrogens with zero attached hydrogens (tertiary/aromatic N) is 2. The second kappa shape index (κ2) is 9.39. The molecule has 0 bridgehead atoms. The molecule has 3 aromatic carbocycles. The molecule has 7 heteroatoms. The second-order valence-electron chi connectivity index (χ2n) is 8.46. The van der Waals surface area contributed by atoms with Crippen molar-refractivity contribution < 1.29 is 14.3 Å². The summed E-state index contributed by atoms with van der Waals surface area (Å²) in [6.07, 6.45) is 1.87. The first-order valence-corrected chi connectivity index (χ1v) is 11.4. The Morgan fingerprint density at radius 3 is 2.59 bits per heavy atom. The Balaban J connectivity index is 1.33. The molecule has 2 amide bonds. The number of rotatable bonds is 5. The predicted octanol–water partition coefficient (Wildman–Crippen LogP) is 4.84. The number of carbonyl (C=O) groups excluding carboxylic acids is 2. The lowest BCUT2D eigenvalue weighted by Gasteiger charge is -2.32. The third-order valence-electron chi connectivity index (χ3n) is 6.26. The van der Waals surface area contributed by atoms with Gasteiger partial charge >= 0.3 is 0 Å². The van der Waals surface area contributed by atoms with Crippen LogP contribution in [-0.4, -0.2) is 46.9 Å². The van der Waals surface area contributed by atoms with Crippen LogP contribution in [0.3, 0.4) is 0 Å². The zero-order valence-corrected chi connectivity index (χ0v) is 19.0. The first-order chi connectivity index (χ1) is 16.6. The van der Waals surface area contributed by atoms with Gasteiger partial charge in [0.1, 0.15) is 11.6 Å². The molecule has 34 heavy (non-hydrogen) atoms. The van der Waals surface area contributed by atoms with Gasteiger partial charge in [-0.3, -0.25) is 9.59 Å². The number of fused-ring (bicyclic) bond motifs is 1. The number of imidazole rings is 1. The number of likely N-dealkylation sites (tertiary alicyclic amines) is 1. The summed E-state index contributed by atoms with van der Waals surface area (Å²) >= 11 is 0. The Kier molecular flexibility index (Phi) is 5.99. The highest BCUT2D eigenvalue weighted by Gasteiger charge is 2.28. The van der Waals surface area contributed by atoms with Crippen LogP contribution in [0.25, 0.3) is 11.0 Å². The SMILES string of the molecule is COc1ccc(C(=O)Nc2ccccc2C(=O)N2CCCC(c3nc4ccccc4[nH]3)C2)cc1. The molecule has 2 heterocycles. The van der Waals surface area contributed by atoms with E-state index in [0.717, 1.165) is 29.7 Å². The van der Waals surface area contributed by atoms with Crippen molar-refractivity contribution in [3.8, 4) is 5.75 Å². The van der Waals surface area contributed by atoms with Crippen molar-refractivity contribution in [1.82, 2.24) is 14.9 Å². The molecule has 1 aliphatic heterocycles. The Morgan fingerprint density at radius 2 is 1.79 bits per heavy atom. The van der Waals surface area contributed by atoms with E-state index in [1.165, 1.54) is 0 Å². The maximum Gasteiger partial charge on any atom is 0.255 e. The van der Waals surface area contributed by atoms with Crippen molar-refractivity contribution in [2.75, 3.05) is 25.5 Å². The van der Waals surface area contributed by atoms with E-state index in [9.17, 15) is 9.59 Å². The molecule has 1 saturated heterocycles. The number of ether oxygens (including phenoxy) is 1. The van der Waals surface area contributed by atoms with Crippen molar-refractivity contribution in [3.05, 3.63) is 89.7 Å². The molecule has 1 unspecified atom stereocenters. The summed E-state index contributed by atoms with van der Waals surface area (Å²) in [5.74, 6) is 1.37. The summed E-state index contributed by atoms with van der Waals surface area (Å²) in [7, 11) is 1.58. The lowest BCUT2D eigenvalue weighted by atomic mass is 9.96. The molecule has 172 valence electrons. The van der Waals surface area contributed by atoms with Crippen LogP contribution in [0.1, 0.15) is 45.3 Å². The first kappa shape index (κ1) is 21.7. The van der Waals surface area contributed by atoms with Gasteiger partial charge in [0, 0.05) is 24.6 Å². The smallest absolute Gasteiger partial charge is 0.255 e. The van der Waals surface area contributed by atoms with E-state index in [0.29, 0.717) is 35.7 Å². The van der Waals surface area contributed by atoms with Gasteiger partial charge in [-0.15, -0.1) is 0 Å². The van der Waals surface area contributed by atoms with Crippen molar-refractivity contribution in [2.24, 2.45) is 0 Å². The molecule has 1 aromatic heterocycles. The number of hydrogen-bond donors (Lipinski definition) is 2. The maximum atomic E-state index is 13.5. The largest absolute Gasteiger partial charge is 0.497 e. The third-order valence-corrected chi connectivity index (χ3v) is 6.26. The normalized spacial score (nSPS) is 15.8. The molecular formula is C27H26N4O3. The number of H-pyrrole nitrogens is 1. The number of methoxy groups -OCH3 is 1. The Labute approximate surface area is 197 Å². The summed E-state index contributed by atoms with van der Waals surface area (Å²) < 4.78 is 5.15. The number of benzene rings is 3. The highest BCUT2D eigenvalue weighted by molar-refractivity contribution is 6.09. The fourth-order valence-electron chi connectivity index (χ4n) is 4.44. The van der Waals surface area contributed by atoms with Gasteiger partial charge in [-0.1, -0.05) is 24.3 Å². The van der Waals surface area contributed by atoms with Crippen LogP contribution >= 0.6 is 0 Å². The second-order valence-corrected chi connectivity index (χ2v) is 8.46. The predicted molar refractivity (Wildman–Crippen MR) is 131 cm³/mol. The van der Waals surface area contributed by atoms with Crippen LogP contribution in [0.5, 0.6) is 5.75 Å². The molecule has 0 spiro atoms. The minimum Gasteiger partial charge on any atom is -0.497 e. The first-order valence-electron chi connectivity index (χ1n) is 11.4. The monoisotopic (exact) mass is 454 g/mol. The fourth-order valence-corrected chi connectivity index (χ4v) is 4.44. The fraction of sp³-hybridized carbons (Fsp3) is 0.222. The lowest BCUT2D eigenvalue weighted by Crippen LogP contribution is -2.39. The average Bonchev–Trinajstić information content (AvgIpc) is 3.33. The van der Waals surface area contributed by atoms with E-state index >= 15 is 0 Å². The average molecular weight is 455 g/mol. The van der Waals surface area contributed by atoms with Crippen molar-refractivity contribution in [1.29, 1.82) is 0 Å². The topological polar surface area (TPSA) is 87.3 Å². The minimum atomic E-state index is -0.276. The van der Waals surface area contributed by atoms with Gasteiger partial charge in [0.05, 0.1) is 29.4 Å². The molecule has 7 nitrogen and oxygen atoms in total. The molecule has 1 aliphatic rings. The molecule has 4 aromatic rings. The number of piperidine rings is 1. The number of nitrogens with one attached hydrogen (secondary N) is 2. The van der Waals surface area contributed by atoms with Crippen molar-refractivity contribution >= 4 is 28.5 Å². The van der Waals surface area contributed by atoms with Gasteiger partial charge in [-0.25, -0.2) is 4.98 Å². The van der Waals surface area contributed by atoms with Crippen LogP contribution in [0.2, 0.25) is 0 Å². The minimum absolute atomic E-state index is 0.0913. The van der Waals surface area contributed by atoms with Crippen LogP contribution < -0.4 is 10.1 Å². The van der Waals surface area contributed by atoms with Gasteiger partial charge in [0.15, 0.2) is 0 Å². The quantitative estimate of drug-likeness (QED) is 0.452. The van der Waals surface area contributed by atoms with Gasteiger partial charge in [0.2, 0.25) is 0 Å². The van der Waals surface area contributed by atoms with Crippen LogP contribution in [0.4, 0.5) is 5.69 Å². The number of carbonyl (C=O) groups is 2. The van der Waals surface area contributed by atoms with Gasteiger partial charge in [-0.05, 0) is 61.4 Å². The number of amides is 2. The van der Waals surface area contributed by atoms with Gasteiger partial charge < -0.3 is 19.9 Å². The zero-order valence-electron chi connectivity index (χ0n) is 19.0. The number of anilines is 1. The van der Waals surface area contributed by atoms with E-state index in [4.69, 9.17) is 9.72 Å². The number of aromatic nitrogens is 2. The number of para-hydroxylation sites is 3. The molecule has 2 N–H and O–H groups in total. The molecule has 0 radical (unpaired) electrons. The highest BCUT2D eigenvalue weighted by atomic mass is 16.5. The molecule has 5 rings (SSSR count). The zero-order chi connectivity index (χ0) is 23.5. The van der Waals surface area contributed by atoms with E-state index in [1.54, 1.807) is 43.5 Å². The molecule has 1 atom stereocenters. The summed E-state index contributed by atoms with van der Waals surface area (Å²) in [5, 5.41) is 2.90. The van der Waals surface area contributed by atoms with E-state index in [2.05, 4.69) is 10.3 Å². The van der Waals surface area contributed by atoms with Gasteiger partial charge in [0.25, 0.3) is 11.8 Å². The maximum absolute atomic E-state index is 13.5. The van der Waals surface area contributed by atoms with E-state index in [1.807, 2.05) is 41.3 Å². The number of hydrogen-bond acceptors (Lipinski definition) is 4. The van der Waals surface area contributed by atoms with E-state index in [-0.39, 0.29) is 17.7 Å². The summed E-state index contributed by atoms with van der Waals surface area (Å²) in [6, 6.07) is 22.0. The lowest BCUT2D eigenvalue weighted by molar-refractivity contribution is 0.0706. The molecule has 0 aliphatic carbocycles.